The van der Waals surface area contributed by atoms with Crippen LogP contribution in [-0.2, 0) is 22.5 Å². The third-order valence-corrected chi connectivity index (χ3v) is 6.25. The number of rotatable bonds is 8. The van der Waals surface area contributed by atoms with Crippen LogP contribution in [0.4, 0.5) is 5.69 Å². The molecule has 1 amide bonds. The number of nitrogens with one attached hydrogen (secondary N) is 1. The van der Waals surface area contributed by atoms with Gasteiger partial charge in [0.25, 0.3) is 5.91 Å². The summed E-state index contributed by atoms with van der Waals surface area (Å²) >= 11 is 0. The highest BCUT2D eigenvalue weighted by Crippen LogP contribution is 2.28. The van der Waals surface area contributed by atoms with Crippen molar-refractivity contribution in [2.75, 3.05) is 12.4 Å². The zero-order valence-electron chi connectivity index (χ0n) is 20.0. The normalized spacial score (nSPS) is 10.7. The average Bonchev–Trinajstić information content (AvgIpc) is 3.15. The highest BCUT2D eigenvalue weighted by Gasteiger charge is 2.17. The van der Waals surface area contributed by atoms with E-state index in [2.05, 4.69) is 29.1 Å². The van der Waals surface area contributed by atoms with Crippen molar-refractivity contribution in [3.63, 3.8) is 0 Å². The lowest BCUT2D eigenvalue weighted by Crippen LogP contribution is -2.12. The second-order valence-electron chi connectivity index (χ2n) is 8.32. The molecule has 0 saturated carbocycles. The molecule has 0 aliphatic carbocycles. The number of methoxy groups -OCH3 is 1. The van der Waals surface area contributed by atoms with Gasteiger partial charge in [-0.15, -0.1) is 0 Å². The molecule has 0 atom stereocenters. The van der Waals surface area contributed by atoms with Crippen molar-refractivity contribution in [1.82, 2.24) is 4.57 Å². The predicted octanol–water partition coefficient (Wildman–Crippen LogP) is 6.25. The van der Waals surface area contributed by atoms with E-state index < -0.39 is 0 Å². The zero-order chi connectivity index (χ0) is 24.9. The van der Waals surface area contributed by atoms with Gasteiger partial charge in [-0.3, -0.25) is 9.59 Å². The Bertz CT molecular complexity index is 1430. The lowest BCUT2D eigenvalue weighted by Gasteiger charge is -2.11. The summed E-state index contributed by atoms with van der Waals surface area (Å²) in [6, 6.07) is 21.3. The summed E-state index contributed by atoms with van der Waals surface area (Å²) in [4.78, 5) is 24.7. The SMILES string of the molecule is C=Cc1ccc(C(=O)Nc2ccc(Cn3c(C)c(CC(=O)OC)c4ccccc43)cc2)cc1C=C. The lowest BCUT2D eigenvalue weighted by atomic mass is 10.0. The molecule has 1 aromatic heterocycles. The lowest BCUT2D eigenvalue weighted by molar-refractivity contribution is -0.139. The monoisotopic (exact) mass is 464 g/mol. The summed E-state index contributed by atoms with van der Waals surface area (Å²) in [7, 11) is 1.41. The Balaban J connectivity index is 1.54. The van der Waals surface area contributed by atoms with Crippen LogP contribution in [0.25, 0.3) is 23.1 Å². The Labute approximate surface area is 205 Å². The van der Waals surface area contributed by atoms with Gasteiger partial charge in [0, 0.05) is 34.4 Å². The fourth-order valence-corrected chi connectivity index (χ4v) is 4.30. The van der Waals surface area contributed by atoms with Gasteiger partial charge in [-0.25, -0.2) is 0 Å². The van der Waals surface area contributed by atoms with Crippen LogP contribution in [0.1, 0.15) is 38.3 Å². The molecule has 176 valence electrons. The third-order valence-electron chi connectivity index (χ3n) is 6.25. The summed E-state index contributed by atoms with van der Waals surface area (Å²) in [5.41, 5.74) is 7.25. The Hall–Kier alpha value is -4.38. The summed E-state index contributed by atoms with van der Waals surface area (Å²) in [5, 5.41) is 4.01. The predicted molar refractivity (Wildman–Crippen MR) is 143 cm³/mol. The highest BCUT2D eigenvalue weighted by atomic mass is 16.5. The maximum Gasteiger partial charge on any atom is 0.310 e. The maximum atomic E-state index is 12.8. The Morgan fingerprint density at radius 3 is 2.37 bits per heavy atom. The molecule has 35 heavy (non-hydrogen) atoms. The van der Waals surface area contributed by atoms with Crippen LogP contribution in [0.5, 0.6) is 0 Å². The van der Waals surface area contributed by atoms with Gasteiger partial charge in [-0.05, 0) is 59.5 Å². The van der Waals surface area contributed by atoms with Crippen LogP contribution in [-0.4, -0.2) is 23.6 Å². The summed E-state index contributed by atoms with van der Waals surface area (Å²) < 4.78 is 7.10. The minimum atomic E-state index is -0.254. The number of nitrogens with zero attached hydrogens (tertiary/aromatic N) is 1. The van der Waals surface area contributed by atoms with Gasteiger partial charge in [0.2, 0.25) is 0 Å². The molecular weight excluding hydrogens is 436 g/mol. The highest BCUT2D eigenvalue weighted by molar-refractivity contribution is 6.04. The Morgan fingerprint density at radius 1 is 0.971 bits per heavy atom. The van der Waals surface area contributed by atoms with Gasteiger partial charge in [-0.2, -0.15) is 0 Å². The number of benzene rings is 3. The van der Waals surface area contributed by atoms with Gasteiger partial charge >= 0.3 is 5.97 Å². The molecule has 0 aliphatic rings. The van der Waals surface area contributed by atoms with E-state index in [0.29, 0.717) is 17.8 Å². The molecule has 0 aliphatic heterocycles. The molecule has 0 fully saturated rings. The van der Waals surface area contributed by atoms with Crippen molar-refractivity contribution in [3.05, 3.63) is 113 Å². The minimum Gasteiger partial charge on any atom is -0.469 e. The molecule has 0 saturated heterocycles. The van der Waals surface area contributed by atoms with Crippen molar-refractivity contribution in [2.24, 2.45) is 0 Å². The molecule has 0 unspecified atom stereocenters. The van der Waals surface area contributed by atoms with E-state index in [0.717, 1.165) is 38.9 Å². The first-order valence-electron chi connectivity index (χ1n) is 11.4. The van der Waals surface area contributed by atoms with Gasteiger partial charge in [0.05, 0.1) is 13.5 Å². The summed E-state index contributed by atoms with van der Waals surface area (Å²) in [5.74, 6) is -0.438. The number of anilines is 1. The molecule has 1 heterocycles. The first-order chi connectivity index (χ1) is 16.9. The number of ether oxygens (including phenoxy) is 1. The number of amides is 1. The fourth-order valence-electron chi connectivity index (χ4n) is 4.30. The van der Waals surface area contributed by atoms with Crippen LogP contribution in [0.3, 0.4) is 0 Å². The molecule has 4 aromatic rings. The maximum absolute atomic E-state index is 12.8. The van der Waals surface area contributed by atoms with E-state index in [1.54, 1.807) is 24.3 Å². The molecule has 0 bridgehead atoms. The summed E-state index contributed by atoms with van der Waals surface area (Å²) in [6.07, 6.45) is 3.69. The van der Waals surface area contributed by atoms with Gasteiger partial charge < -0.3 is 14.6 Å². The van der Waals surface area contributed by atoms with E-state index in [1.165, 1.54) is 7.11 Å². The number of para-hydroxylation sites is 1. The first-order valence-corrected chi connectivity index (χ1v) is 11.4. The Morgan fingerprint density at radius 2 is 1.69 bits per heavy atom. The second kappa shape index (κ2) is 10.3. The topological polar surface area (TPSA) is 60.3 Å². The largest absolute Gasteiger partial charge is 0.469 e. The number of aromatic nitrogens is 1. The van der Waals surface area contributed by atoms with Crippen LogP contribution >= 0.6 is 0 Å². The van der Waals surface area contributed by atoms with E-state index in [1.807, 2.05) is 55.5 Å². The molecule has 0 radical (unpaired) electrons. The van der Waals surface area contributed by atoms with Gasteiger partial charge in [0.15, 0.2) is 0 Å². The van der Waals surface area contributed by atoms with E-state index >= 15 is 0 Å². The average molecular weight is 465 g/mol. The van der Waals surface area contributed by atoms with E-state index in [-0.39, 0.29) is 18.3 Å². The fraction of sp³-hybridized carbons (Fsp3) is 0.133. The van der Waals surface area contributed by atoms with E-state index in [4.69, 9.17) is 4.74 Å². The molecular formula is C30H28N2O3. The van der Waals surface area contributed by atoms with E-state index in [9.17, 15) is 9.59 Å². The van der Waals surface area contributed by atoms with Crippen LogP contribution in [0, 0.1) is 6.92 Å². The quantitative estimate of drug-likeness (QED) is 0.314. The molecule has 1 N–H and O–H groups in total. The number of hydrogen-bond donors (Lipinski definition) is 1. The molecule has 0 spiro atoms. The standard InChI is InChI=1S/C30H28N2O3/c1-5-22-13-14-24(17-23(22)6-2)30(34)31-25-15-11-21(12-16-25)19-32-20(3)27(18-29(33)35-4)26-9-7-8-10-28(26)32/h5-17H,1-2,18-19H2,3-4H3,(H,31,34). The second-order valence-corrected chi connectivity index (χ2v) is 8.32. The summed E-state index contributed by atoms with van der Waals surface area (Å²) in [6.45, 7) is 10.3. The number of esters is 1. The molecule has 5 heteroatoms. The minimum absolute atomic E-state index is 0.184. The first kappa shape index (κ1) is 23.8. The number of hydrogen-bond acceptors (Lipinski definition) is 3. The number of carbonyl (C=O) groups is 2. The van der Waals surface area contributed by atoms with Crippen LogP contribution in [0.2, 0.25) is 0 Å². The molecule has 5 nitrogen and oxygen atoms in total. The third kappa shape index (κ3) is 4.94. The van der Waals surface area contributed by atoms with Crippen LogP contribution in [0.15, 0.2) is 79.9 Å². The van der Waals surface area contributed by atoms with Crippen molar-refractivity contribution in [2.45, 2.75) is 19.9 Å². The molecule has 3 aromatic carbocycles. The Kier molecular flexibility index (Phi) is 6.97. The van der Waals surface area contributed by atoms with Gasteiger partial charge in [0.1, 0.15) is 0 Å². The number of carbonyl (C=O) groups excluding carboxylic acids is 2. The van der Waals surface area contributed by atoms with Crippen molar-refractivity contribution in [3.8, 4) is 0 Å². The molecule has 4 rings (SSSR count). The van der Waals surface area contributed by atoms with Crippen molar-refractivity contribution in [1.29, 1.82) is 0 Å². The van der Waals surface area contributed by atoms with Crippen molar-refractivity contribution >= 4 is 40.6 Å². The smallest absolute Gasteiger partial charge is 0.310 e. The van der Waals surface area contributed by atoms with Gasteiger partial charge in [-0.1, -0.05) is 61.7 Å². The van der Waals surface area contributed by atoms with Crippen molar-refractivity contribution < 1.29 is 14.3 Å². The zero-order valence-corrected chi connectivity index (χ0v) is 20.0. The van der Waals surface area contributed by atoms with Crippen LogP contribution < -0.4 is 5.32 Å². The number of fused-ring (bicyclic) bond motifs is 1.